The first-order valence-corrected chi connectivity index (χ1v) is 7.66. The summed E-state index contributed by atoms with van der Waals surface area (Å²) in [6, 6.07) is 0. The van der Waals surface area contributed by atoms with Crippen LogP contribution in [0.4, 0.5) is 17.5 Å². The SMILES string of the molecule is CCCNc1ncc([N+](=O)[O-])c(N(CCC)CC2CC2)n1. The van der Waals surface area contributed by atoms with Gasteiger partial charge in [-0.3, -0.25) is 10.1 Å². The van der Waals surface area contributed by atoms with Gasteiger partial charge in [-0.15, -0.1) is 0 Å². The number of anilines is 2. The van der Waals surface area contributed by atoms with Gasteiger partial charge in [-0.1, -0.05) is 13.8 Å². The Balaban J connectivity index is 2.27. The summed E-state index contributed by atoms with van der Waals surface area (Å²) < 4.78 is 0. The van der Waals surface area contributed by atoms with E-state index in [-0.39, 0.29) is 5.69 Å². The smallest absolute Gasteiger partial charge is 0.329 e. The van der Waals surface area contributed by atoms with Crippen molar-refractivity contribution in [1.82, 2.24) is 9.97 Å². The first-order valence-electron chi connectivity index (χ1n) is 7.66. The summed E-state index contributed by atoms with van der Waals surface area (Å²) in [5.74, 6) is 1.56. The lowest BCUT2D eigenvalue weighted by atomic mass is 10.3. The van der Waals surface area contributed by atoms with Gasteiger partial charge in [0.2, 0.25) is 11.8 Å². The second-order valence-electron chi connectivity index (χ2n) is 5.48. The number of aromatic nitrogens is 2. The van der Waals surface area contributed by atoms with Gasteiger partial charge < -0.3 is 10.2 Å². The maximum Gasteiger partial charge on any atom is 0.329 e. The molecule has 0 bridgehead atoms. The van der Waals surface area contributed by atoms with Gasteiger partial charge in [0.15, 0.2) is 0 Å². The number of nitro groups is 1. The molecule has 7 nitrogen and oxygen atoms in total. The van der Waals surface area contributed by atoms with Crippen LogP contribution in [0.15, 0.2) is 6.20 Å². The van der Waals surface area contributed by atoms with Crippen LogP contribution in [0.25, 0.3) is 0 Å². The maximum atomic E-state index is 11.2. The summed E-state index contributed by atoms with van der Waals surface area (Å²) in [6.07, 6.45) is 5.62. The Kier molecular flexibility index (Phi) is 5.30. The van der Waals surface area contributed by atoms with Crippen LogP contribution < -0.4 is 10.2 Å². The standard InChI is InChI=1S/C14H23N5O2/c1-3-7-15-14-16-9-12(19(20)21)13(17-14)18(8-4-2)10-11-5-6-11/h9,11H,3-8,10H2,1-2H3,(H,15,16,17). The predicted octanol–water partition coefficient (Wildman–Crippen LogP) is 2.83. The van der Waals surface area contributed by atoms with Crippen LogP contribution >= 0.6 is 0 Å². The van der Waals surface area contributed by atoms with Crippen LogP contribution in [-0.2, 0) is 0 Å². The summed E-state index contributed by atoms with van der Waals surface area (Å²) in [6.45, 7) is 6.51. The molecular formula is C14H23N5O2. The Labute approximate surface area is 124 Å². The quantitative estimate of drug-likeness (QED) is 0.556. The van der Waals surface area contributed by atoms with E-state index in [0.29, 0.717) is 17.7 Å². The lowest BCUT2D eigenvalue weighted by molar-refractivity contribution is -0.384. The molecule has 2 rings (SSSR count). The summed E-state index contributed by atoms with van der Waals surface area (Å²) in [7, 11) is 0. The van der Waals surface area contributed by atoms with Crippen LogP contribution in [-0.4, -0.2) is 34.5 Å². The monoisotopic (exact) mass is 293 g/mol. The third-order valence-corrected chi connectivity index (χ3v) is 3.45. The summed E-state index contributed by atoms with van der Waals surface area (Å²) in [4.78, 5) is 21.3. The predicted molar refractivity (Wildman–Crippen MR) is 82.7 cm³/mol. The van der Waals surface area contributed by atoms with Crippen molar-refractivity contribution in [2.45, 2.75) is 39.5 Å². The van der Waals surface area contributed by atoms with Gasteiger partial charge in [0, 0.05) is 19.6 Å². The minimum absolute atomic E-state index is 0.00820. The summed E-state index contributed by atoms with van der Waals surface area (Å²) >= 11 is 0. The largest absolute Gasteiger partial charge is 0.354 e. The first-order chi connectivity index (χ1) is 10.2. The van der Waals surface area contributed by atoms with E-state index in [1.54, 1.807) is 0 Å². The molecule has 0 atom stereocenters. The van der Waals surface area contributed by atoms with Crippen molar-refractivity contribution < 1.29 is 4.92 Å². The molecule has 1 heterocycles. The van der Waals surface area contributed by atoms with Crippen molar-refractivity contribution in [1.29, 1.82) is 0 Å². The van der Waals surface area contributed by atoms with E-state index in [0.717, 1.165) is 32.5 Å². The highest BCUT2D eigenvalue weighted by atomic mass is 16.6. The highest BCUT2D eigenvalue weighted by Gasteiger charge is 2.29. The van der Waals surface area contributed by atoms with Gasteiger partial charge in [0.1, 0.15) is 6.20 Å². The van der Waals surface area contributed by atoms with E-state index in [1.165, 1.54) is 19.0 Å². The van der Waals surface area contributed by atoms with Gasteiger partial charge in [0.25, 0.3) is 0 Å². The second-order valence-corrected chi connectivity index (χ2v) is 5.48. The van der Waals surface area contributed by atoms with Crippen LogP contribution in [0.5, 0.6) is 0 Å². The zero-order valence-corrected chi connectivity index (χ0v) is 12.7. The fourth-order valence-corrected chi connectivity index (χ4v) is 2.22. The molecule has 0 saturated heterocycles. The second kappa shape index (κ2) is 7.19. The average Bonchev–Trinajstić information content (AvgIpc) is 3.28. The molecule has 1 aromatic heterocycles. The third kappa shape index (κ3) is 4.27. The number of hydrogen-bond donors (Lipinski definition) is 1. The van der Waals surface area contributed by atoms with E-state index in [4.69, 9.17) is 0 Å². The zero-order chi connectivity index (χ0) is 15.2. The highest BCUT2D eigenvalue weighted by Crippen LogP contribution is 2.34. The Morgan fingerprint density at radius 1 is 1.43 bits per heavy atom. The van der Waals surface area contributed by atoms with Crippen molar-refractivity contribution in [2.75, 3.05) is 29.9 Å². The van der Waals surface area contributed by atoms with Crippen molar-refractivity contribution in [2.24, 2.45) is 5.92 Å². The van der Waals surface area contributed by atoms with E-state index >= 15 is 0 Å². The Morgan fingerprint density at radius 2 is 2.19 bits per heavy atom. The van der Waals surface area contributed by atoms with Crippen LogP contribution in [0.2, 0.25) is 0 Å². The highest BCUT2D eigenvalue weighted by molar-refractivity contribution is 5.59. The minimum Gasteiger partial charge on any atom is -0.354 e. The van der Waals surface area contributed by atoms with E-state index in [2.05, 4.69) is 29.1 Å². The van der Waals surface area contributed by atoms with E-state index in [1.807, 2.05) is 4.90 Å². The molecule has 0 aromatic carbocycles. The molecule has 1 saturated carbocycles. The van der Waals surface area contributed by atoms with Gasteiger partial charge in [-0.2, -0.15) is 4.98 Å². The minimum atomic E-state index is -0.394. The molecule has 1 aliphatic carbocycles. The van der Waals surface area contributed by atoms with Gasteiger partial charge in [-0.05, 0) is 31.6 Å². The van der Waals surface area contributed by atoms with Crippen molar-refractivity contribution in [3.05, 3.63) is 16.3 Å². The molecule has 0 spiro atoms. The van der Waals surface area contributed by atoms with Crippen molar-refractivity contribution in [3.8, 4) is 0 Å². The summed E-state index contributed by atoms with van der Waals surface area (Å²) in [5.41, 5.74) is -0.00820. The fourth-order valence-electron chi connectivity index (χ4n) is 2.22. The maximum absolute atomic E-state index is 11.2. The van der Waals surface area contributed by atoms with Crippen LogP contribution in [0.3, 0.4) is 0 Å². The molecule has 116 valence electrons. The van der Waals surface area contributed by atoms with Crippen molar-refractivity contribution >= 4 is 17.5 Å². The van der Waals surface area contributed by atoms with Gasteiger partial charge in [-0.25, -0.2) is 4.98 Å². The molecular weight excluding hydrogens is 270 g/mol. The molecule has 1 aliphatic rings. The van der Waals surface area contributed by atoms with Gasteiger partial charge >= 0.3 is 5.69 Å². The van der Waals surface area contributed by atoms with E-state index < -0.39 is 4.92 Å². The fraction of sp³-hybridized carbons (Fsp3) is 0.714. The first kappa shape index (κ1) is 15.5. The normalized spacial score (nSPS) is 14.0. The number of nitrogens with zero attached hydrogens (tertiary/aromatic N) is 4. The average molecular weight is 293 g/mol. The van der Waals surface area contributed by atoms with Gasteiger partial charge in [0.05, 0.1) is 4.92 Å². The lowest BCUT2D eigenvalue weighted by Gasteiger charge is -2.23. The Hall–Kier alpha value is -1.92. The molecule has 1 N–H and O–H groups in total. The molecule has 0 aliphatic heterocycles. The topological polar surface area (TPSA) is 84.2 Å². The molecule has 1 aromatic rings. The number of hydrogen-bond acceptors (Lipinski definition) is 6. The number of nitrogens with one attached hydrogen (secondary N) is 1. The molecule has 1 fully saturated rings. The molecule has 21 heavy (non-hydrogen) atoms. The summed E-state index contributed by atoms with van der Waals surface area (Å²) in [5, 5.41) is 14.3. The lowest BCUT2D eigenvalue weighted by Crippen LogP contribution is -2.28. The Morgan fingerprint density at radius 3 is 2.76 bits per heavy atom. The zero-order valence-electron chi connectivity index (χ0n) is 12.7. The van der Waals surface area contributed by atoms with E-state index in [9.17, 15) is 10.1 Å². The number of rotatable bonds is 9. The molecule has 7 heteroatoms. The van der Waals surface area contributed by atoms with Crippen LogP contribution in [0, 0.1) is 16.0 Å². The molecule has 0 unspecified atom stereocenters. The third-order valence-electron chi connectivity index (χ3n) is 3.45. The van der Waals surface area contributed by atoms with Crippen molar-refractivity contribution in [3.63, 3.8) is 0 Å². The van der Waals surface area contributed by atoms with Crippen LogP contribution in [0.1, 0.15) is 39.5 Å². The molecule has 0 amide bonds. The molecule has 0 radical (unpaired) electrons. The Bertz CT molecular complexity index is 490.